The molecule has 0 aliphatic rings. The number of hydrogen-bond donors (Lipinski definition) is 1. The number of rotatable bonds is 6. The minimum atomic E-state index is 0.418. The first-order valence-corrected chi connectivity index (χ1v) is 6.64. The number of benzene rings is 1. The number of nitrogens with one attached hydrogen (secondary N) is 1. The molecular weight excluding hydrogens is 246 g/mol. The molecule has 1 aromatic heterocycles. The zero-order valence-corrected chi connectivity index (χ0v) is 11.3. The Morgan fingerprint density at radius 2 is 2.22 bits per heavy atom. The molecule has 1 unspecified atom stereocenters. The van der Waals surface area contributed by atoms with E-state index in [0.29, 0.717) is 5.92 Å². The predicted molar refractivity (Wildman–Crippen MR) is 75.1 cm³/mol. The Labute approximate surface area is 113 Å². The monoisotopic (exact) mass is 263 g/mol. The van der Waals surface area contributed by atoms with E-state index in [1.807, 2.05) is 30.5 Å². The van der Waals surface area contributed by atoms with Crippen LogP contribution in [0, 0.1) is 0 Å². The fourth-order valence-corrected chi connectivity index (χ4v) is 2.28. The smallest absolute Gasteiger partial charge is 0.0934 e. The Kier molecular flexibility index (Phi) is 4.85. The van der Waals surface area contributed by atoms with Crippen LogP contribution in [0.1, 0.15) is 24.0 Å². The third kappa shape index (κ3) is 3.62. The van der Waals surface area contributed by atoms with Crippen molar-refractivity contribution in [2.75, 3.05) is 13.1 Å². The van der Waals surface area contributed by atoms with Gasteiger partial charge in [-0.15, -0.1) is 0 Å². The van der Waals surface area contributed by atoms with E-state index < -0.39 is 0 Å². The predicted octanol–water partition coefficient (Wildman–Crippen LogP) is 3.87. The fourth-order valence-electron chi connectivity index (χ4n) is 2.08. The number of likely N-dealkylation sites (N-methyl/N-ethyl adjacent to an activating group) is 1. The average Bonchev–Trinajstić information content (AvgIpc) is 2.87. The van der Waals surface area contributed by atoms with Gasteiger partial charge in [0.15, 0.2) is 0 Å². The highest BCUT2D eigenvalue weighted by atomic mass is 35.5. The number of halogens is 1. The van der Waals surface area contributed by atoms with Crippen molar-refractivity contribution in [1.29, 1.82) is 0 Å². The fraction of sp³-hybridized carbons (Fsp3) is 0.333. The van der Waals surface area contributed by atoms with Crippen LogP contribution in [-0.2, 0) is 6.42 Å². The second-order valence-electron chi connectivity index (χ2n) is 4.40. The standard InChI is InChI=1S/C15H18ClNO/c1-2-17-10-14(8-12-6-7-18-11-12)13-4-3-5-15(16)9-13/h3-7,9,11,14,17H,2,8,10H2,1H3. The van der Waals surface area contributed by atoms with E-state index >= 15 is 0 Å². The molecule has 2 nitrogen and oxygen atoms in total. The summed E-state index contributed by atoms with van der Waals surface area (Å²) >= 11 is 6.07. The first-order chi connectivity index (χ1) is 8.79. The van der Waals surface area contributed by atoms with Gasteiger partial charge in [0, 0.05) is 17.5 Å². The molecule has 1 aromatic carbocycles. The molecule has 0 saturated carbocycles. The van der Waals surface area contributed by atoms with E-state index in [-0.39, 0.29) is 0 Å². The van der Waals surface area contributed by atoms with Crippen molar-refractivity contribution in [2.24, 2.45) is 0 Å². The minimum absolute atomic E-state index is 0.418. The van der Waals surface area contributed by atoms with Crippen LogP contribution >= 0.6 is 11.6 Å². The third-order valence-corrected chi connectivity index (χ3v) is 3.26. The van der Waals surface area contributed by atoms with E-state index in [1.54, 1.807) is 6.26 Å². The zero-order valence-electron chi connectivity index (χ0n) is 10.5. The summed E-state index contributed by atoms with van der Waals surface area (Å²) in [4.78, 5) is 0. The second-order valence-corrected chi connectivity index (χ2v) is 4.83. The van der Waals surface area contributed by atoms with Crippen LogP contribution < -0.4 is 5.32 Å². The van der Waals surface area contributed by atoms with E-state index in [0.717, 1.165) is 24.5 Å². The third-order valence-electron chi connectivity index (χ3n) is 3.02. The molecule has 1 atom stereocenters. The lowest BCUT2D eigenvalue weighted by atomic mass is 9.93. The maximum absolute atomic E-state index is 6.07. The van der Waals surface area contributed by atoms with Crippen LogP contribution in [0.25, 0.3) is 0 Å². The largest absolute Gasteiger partial charge is 0.472 e. The van der Waals surface area contributed by atoms with Gasteiger partial charge in [-0.1, -0.05) is 30.7 Å². The second kappa shape index (κ2) is 6.62. The molecule has 0 radical (unpaired) electrons. The van der Waals surface area contributed by atoms with Gasteiger partial charge >= 0.3 is 0 Å². The van der Waals surface area contributed by atoms with Gasteiger partial charge in [0.2, 0.25) is 0 Å². The molecule has 0 spiro atoms. The molecule has 18 heavy (non-hydrogen) atoms. The van der Waals surface area contributed by atoms with Crippen molar-refractivity contribution in [1.82, 2.24) is 5.32 Å². The normalized spacial score (nSPS) is 12.6. The molecule has 0 saturated heterocycles. The van der Waals surface area contributed by atoms with Gasteiger partial charge in [-0.2, -0.15) is 0 Å². The van der Waals surface area contributed by atoms with E-state index in [4.69, 9.17) is 16.0 Å². The summed E-state index contributed by atoms with van der Waals surface area (Å²) in [6.07, 6.45) is 4.49. The van der Waals surface area contributed by atoms with Gasteiger partial charge in [0.25, 0.3) is 0 Å². The van der Waals surface area contributed by atoms with Crippen molar-refractivity contribution >= 4 is 11.6 Å². The molecule has 0 aliphatic carbocycles. The molecule has 1 N–H and O–H groups in total. The maximum atomic E-state index is 6.07. The highest BCUT2D eigenvalue weighted by Gasteiger charge is 2.13. The van der Waals surface area contributed by atoms with Gasteiger partial charge in [-0.3, -0.25) is 0 Å². The Morgan fingerprint density at radius 1 is 1.33 bits per heavy atom. The summed E-state index contributed by atoms with van der Waals surface area (Å²) in [5, 5.41) is 4.20. The highest BCUT2D eigenvalue weighted by molar-refractivity contribution is 6.30. The van der Waals surface area contributed by atoms with E-state index in [9.17, 15) is 0 Å². The summed E-state index contributed by atoms with van der Waals surface area (Å²) in [6.45, 7) is 4.04. The van der Waals surface area contributed by atoms with E-state index in [2.05, 4.69) is 18.3 Å². The topological polar surface area (TPSA) is 25.2 Å². The molecule has 2 rings (SSSR count). The van der Waals surface area contributed by atoms with Gasteiger partial charge in [-0.25, -0.2) is 0 Å². The molecular formula is C15H18ClNO. The molecule has 1 heterocycles. The summed E-state index contributed by atoms with van der Waals surface area (Å²) < 4.78 is 5.13. The molecule has 0 amide bonds. The zero-order chi connectivity index (χ0) is 12.8. The SMILES string of the molecule is CCNCC(Cc1ccoc1)c1cccc(Cl)c1. The van der Waals surface area contributed by atoms with Crippen molar-refractivity contribution in [3.8, 4) is 0 Å². The van der Waals surface area contributed by atoms with E-state index in [1.165, 1.54) is 11.1 Å². The van der Waals surface area contributed by atoms with Crippen LogP contribution in [0.3, 0.4) is 0 Å². The van der Waals surface area contributed by atoms with Crippen LogP contribution in [0.2, 0.25) is 5.02 Å². The lowest BCUT2D eigenvalue weighted by molar-refractivity contribution is 0.555. The summed E-state index contributed by atoms with van der Waals surface area (Å²) in [5.41, 5.74) is 2.49. The van der Waals surface area contributed by atoms with Gasteiger partial charge < -0.3 is 9.73 Å². The quantitative estimate of drug-likeness (QED) is 0.856. The summed E-state index contributed by atoms with van der Waals surface area (Å²) in [7, 11) is 0. The molecule has 0 aliphatic heterocycles. The van der Waals surface area contributed by atoms with Crippen molar-refractivity contribution in [2.45, 2.75) is 19.3 Å². The van der Waals surface area contributed by atoms with Crippen molar-refractivity contribution < 1.29 is 4.42 Å². The number of furan rings is 1. The summed E-state index contributed by atoms with van der Waals surface area (Å²) in [5.74, 6) is 0.418. The lowest BCUT2D eigenvalue weighted by Gasteiger charge is -2.17. The Balaban J connectivity index is 2.13. The van der Waals surface area contributed by atoms with Gasteiger partial charge in [0.05, 0.1) is 12.5 Å². The van der Waals surface area contributed by atoms with Crippen molar-refractivity contribution in [3.05, 3.63) is 59.0 Å². The number of hydrogen-bond acceptors (Lipinski definition) is 2. The average molecular weight is 264 g/mol. The van der Waals surface area contributed by atoms with Crippen LogP contribution in [-0.4, -0.2) is 13.1 Å². The Hall–Kier alpha value is -1.25. The molecule has 3 heteroatoms. The minimum Gasteiger partial charge on any atom is -0.472 e. The van der Waals surface area contributed by atoms with Crippen LogP contribution in [0.15, 0.2) is 47.3 Å². The van der Waals surface area contributed by atoms with Crippen LogP contribution in [0.5, 0.6) is 0 Å². The van der Waals surface area contributed by atoms with Crippen molar-refractivity contribution in [3.63, 3.8) is 0 Å². The molecule has 2 aromatic rings. The first kappa shape index (κ1) is 13.2. The molecule has 0 fully saturated rings. The molecule has 0 bridgehead atoms. The lowest BCUT2D eigenvalue weighted by Crippen LogP contribution is -2.22. The van der Waals surface area contributed by atoms with Gasteiger partial charge in [0.1, 0.15) is 0 Å². The maximum Gasteiger partial charge on any atom is 0.0934 e. The summed E-state index contributed by atoms with van der Waals surface area (Å²) in [6, 6.07) is 10.1. The first-order valence-electron chi connectivity index (χ1n) is 6.27. The highest BCUT2D eigenvalue weighted by Crippen LogP contribution is 2.23. The van der Waals surface area contributed by atoms with Crippen LogP contribution in [0.4, 0.5) is 0 Å². The van der Waals surface area contributed by atoms with Gasteiger partial charge in [-0.05, 0) is 42.3 Å². The Bertz CT molecular complexity index is 467. The Morgan fingerprint density at radius 3 is 2.89 bits per heavy atom. The molecule has 96 valence electrons.